The van der Waals surface area contributed by atoms with Crippen LogP contribution in [0, 0.1) is 5.41 Å². The molecule has 0 heterocycles. The molecule has 0 atom stereocenters. The van der Waals surface area contributed by atoms with Crippen LogP contribution in [0.5, 0.6) is 0 Å². The second kappa shape index (κ2) is 4.35. The molecule has 0 fully saturated rings. The average molecular weight is 228 g/mol. The fourth-order valence-corrected chi connectivity index (χ4v) is 2.16. The van der Waals surface area contributed by atoms with E-state index in [-0.39, 0.29) is 10.7 Å². The SMILES string of the molecule is CC(C)(CCBr)CC(=O)Cl. The third kappa shape index (κ3) is 5.24. The Bertz CT molecular complexity index is 123. The van der Waals surface area contributed by atoms with Crippen molar-refractivity contribution in [3.05, 3.63) is 0 Å². The molecule has 0 aliphatic heterocycles. The van der Waals surface area contributed by atoms with Gasteiger partial charge in [0.25, 0.3) is 0 Å². The minimum absolute atomic E-state index is 0.0440. The Balaban J connectivity index is 3.74. The Hall–Kier alpha value is 0.440. The molecule has 0 aromatic rings. The van der Waals surface area contributed by atoms with E-state index in [0.29, 0.717) is 6.42 Å². The second-order valence-electron chi connectivity index (χ2n) is 3.14. The lowest BCUT2D eigenvalue weighted by Gasteiger charge is -2.20. The predicted molar refractivity (Wildman–Crippen MR) is 47.7 cm³/mol. The molecule has 0 saturated carbocycles. The van der Waals surface area contributed by atoms with Crippen LogP contribution in [0.4, 0.5) is 0 Å². The number of rotatable bonds is 4. The van der Waals surface area contributed by atoms with Gasteiger partial charge >= 0.3 is 0 Å². The molecular weight excluding hydrogens is 215 g/mol. The zero-order chi connectivity index (χ0) is 8.20. The molecule has 0 radical (unpaired) electrons. The summed E-state index contributed by atoms with van der Waals surface area (Å²) in [7, 11) is 0. The summed E-state index contributed by atoms with van der Waals surface area (Å²) in [6, 6.07) is 0. The summed E-state index contributed by atoms with van der Waals surface area (Å²) in [5.41, 5.74) is 0.0440. The first-order chi connectivity index (χ1) is 4.48. The third-order valence-corrected chi connectivity index (χ3v) is 1.92. The minimum atomic E-state index is -0.244. The van der Waals surface area contributed by atoms with Crippen LogP contribution in [-0.2, 0) is 4.79 Å². The van der Waals surface area contributed by atoms with Gasteiger partial charge in [0.15, 0.2) is 0 Å². The first kappa shape index (κ1) is 10.4. The monoisotopic (exact) mass is 226 g/mol. The Labute approximate surface area is 75.3 Å². The zero-order valence-electron chi connectivity index (χ0n) is 6.29. The lowest BCUT2D eigenvalue weighted by molar-refractivity contribution is -0.113. The molecule has 0 aliphatic carbocycles. The molecule has 0 aromatic carbocycles. The van der Waals surface area contributed by atoms with Crippen molar-refractivity contribution in [1.82, 2.24) is 0 Å². The first-order valence-electron chi connectivity index (χ1n) is 3.22. The molecule has 0 rings (SSSR count). The number of hydrogen-bond acceptors (Lipinski definition) is 1. The van der Waals surface area contributed by atoms with Crippen molar-refractivity contribution >= 4 is 32.8 Å². The van der Waals surface area contributed by atoms with Gasteiger partial charge in [-0.2, -0.15) is 0 Å². The van der Waals surface area contributed by atoms with E-state index in [1.807, 2.05) is 13.8 Å². The molecule has 0 unspecified atom stereocenters. The van der Waals surface area contributed by atoms with Gasteiger partial charge in [0.1, 0.15) is 0 Å². The average Bonchev–Trinajstić information content (AvgIpc) is 1.59. The predicted octanol–water partition coefficient (Wildman–Crippen LogP) is 2.95. The summed E-state index contributed by atoms with van der Waals surface area (Å²) in [6.07, 6.45) is 1.44. The van der Waals surface area contributed by atoms with Crippen molar-refractivity contribution < 1.29 is 4.79 Å². The quantitative estimate of drug-likeness (QED) is 0.533. The molecule has 10 heavy (non-hydrogen) atoms. The molecule has 3 heteroatoms. The molecule has 1 nitrogen and oxygen atoms in total. The molecule has 0 N–H and O–H groups in total. The van der Waals surface area contributed by atoms with Gasteiger partial charge in [-0.05, 0) is 23.4 Å². The van der Waals surface area contributed by atoms with Crippen LogP contribution < -0.4 is 0 Å². The fourth-order valence-electron chi connectivity index (χ4n) is 0.720. The summed E-state index contributed by atoms with van der Waals surface area (Å²) in [5, 5.41) is 0.676. The van der Waals surface area contributed by atoms with Crippen LogP contribution in [0.25, 0.3) is 0 Å². The van der Waals surface area contributed by atoms with E-state index in [2.05, 4.69) is 15.9 Å². The van der Waals surface area contributed by atoms with E-state index in [1.165, 1.54) is 0 Å². The van der Waals surface area contributed by atoms with Gasteiger partial charge in [0.2, 0.25) is 5.24 Å². The van der Waals surface area contributed by atoms with E-state index < -0.39 is 0 Å². The van der Waals surface area contributed by atoms with Gasteiger partial charge in [0.05, 0.1) is 0 Å². The van der Waals surface area contributed by atoms with E-state index in [1.54, 1.807) is 0 Å². The molecular formula is C7H12BrClO. The van der Waals surface area contributed by atoms with Crippen LogP contribution in [0.1, 0.15) is 26.7 Å². The topological polar surface area (TPSA) is 17.1 Å². The fraction of sp³-hybridized carbons (Fsp3) is 0.857. The first-order valence-corrected chi connectivity index (χ1v) is 4.72. The van der Waals surface area contributed by atoms with Crippen molar-refractivity contribution in [3.8, 4) is 0 Å². The van der Waals surface area contributed by atoms with E-state index >= 15 is 0 Å². The molecule has 0 aliphatic rings. The zero-order valence-corrected chi connectivity index (χ0v) is 8.63. The number of carbonyl (C=O) groups excluding carboxylic acids is 1. The maximum Gasteiger partial charge on any atom is 0.222 e. The summed E-state index contributed by atoms with van der Waals surface area (Å²) < 4.78 is 0. The maximum atomic E-state index is 10.5. The second-order valence-corrected chi connectivity index (χ2v) is 4.35. The van der Waals surface area contributed by atoms with Crippen molar-refractivity contribution in [2.75, 3.05) is 5.33 Å². The lowest BCUT2D eigenvalue weighted by Crippen LogP contribution is -2.14. The number of halogens is 2. The third-order valence-electron chi connectivity index (χ3n) is 1.39. The van der Waals surface area contributed by atoms with Crippen molar-refractivity contribution in [2.24, 2.45) is 5.41 Å². The van der Waals surface area contributed by atoms with Crippen LogP contribution in [0.15, 0.2) is 0 Å². The molecule has 0 amide bonds. The number of hydrogen-bond donors (Lipinski definition) is 0. The Kier molecular flexibility index (Phi) is 4.54. The molecule has 0 aromatic heterocycles. The Morgan fingerprint density at radius 1 is 1.60 bits per heavy atom. The number of carbonyl (C=O) groups is 1. The highest BCUT2D eigenvalue weighted by molar-refractivity contribution is 9.09. The summed E-state index contributed by atoms with van der Waals surface area (Å²) >= 11 is 8.56. The van der Waals surface area contributed by atoms with Crippen molar-refractivity contribution in [1.29, 1.82) is 0 Å². The minimum Gasteiger partial charge on any atom is -0.281 e. The van der Waals surface area contributed by atoms with E-state index in [4.69, 9.17) is 11.6 Å². The summed E-state index contributed by atoms with van der Waals surface area (Å²) in [4.78, 5) is 10.5. The molecule has 60 valence electrons. The lowest BCUT2D eigenvalue weighted by atomic mass is 9.87. The van der Waals surface area contributed by atoms with E-state index in [0.717, 1.165) is 11.8 Å². The Morgan fingerprint density at radius 2 is 2.10 bits per heavy atom. The van der Waals surface area contributed by atoms with Gasteiger partial charge in [-0.15, -0.1) is 0 Å². The van der Waals surface area contributed by atoms with Crippen LogP contribution in [-0.4, -0.2) is 10.6 Å². The molecule has 0 saturated heterocycles. The van der Waals surface area contributed by atoms with Crippen LogP contribution in [0.3, 0.4) is 0 Å². The van der Waals surface area contributed by atoms with Gasteiger partial charge < -0.3 is 0 Å². The maximum absolute atomic E-state index is 10.5. The Morgan fingerprint density at radius 3 is 2.40 bits per heavy atom. The van der Waals surface area contributed by atoms with Gasteiger partial charge in [0, 0.05) is 11.8 Å². The smallest absolute Gasteiger partial charge is 0.222 e. The highest BCUT2D eigenvalue weighted by Crippen LogP contribution is 2.26. The number of alkyl halides is 1. The van der Waals surface area contributed by atoms with Crippen LogP contribution >= 0.6 is 27.5 Å². The molecule has 0 spiro atoms. The van der Waals surface area contributed by atoms with Crippen LogP contribution in [0.2, 0.25) is 0 Å². The van der Waals surface area contributed by atoms with Gasteiger partial charge in [-0.25, -0.2) is 0 Å². The molecule has 0 bridgehead atoms. The standard InChI is InChI=1S/C7H12BrClO/c1-7(2,3-4-8)5-6(9)10/h3-5H2,1-2H3. The highest BCUT2D eigenvalue weighted by Gasteiger charge is 2.19. The highest BCUT2D eigenvalue weighted by atomic mass is 79.9. The van der Waals surface area contributed by atoms with Gasteiger partial charge in [-0.3, -0.25) is 4.79 Å². The van der Waals surface area contributed by atoms with Crippen molar-refractivity contribution in [3.63, 3.8) is 0 Å². The normalized spacial score (nSPS) is 11.6. The largest absolute Gasteiger partial charge is 0.281 e. The van der Waals surface area contributed by atoms with E-state index in [9.17, 15) is 4.79 Å². The van der Waals surface area contributed by atoms with Gasteiger partial charge in [-0.1, -0.05) is 29.8 Å². The summed E-state index contributed by atoms with van der Waals surface area (Å²) in [6.45, 7) is 4.07. The summed E-state index contributed by atoms with van der Waals surface area (Å²) in [5.74, 6) is 0. The van der Waals surface area contributed by atoms with Crippen molar-refractivity contribution in [2.45, 2.75) is 26.7 Å².